The molecule has 0 aliphatic heterocycles. The van der Waals surface area contributed by atoms with Gasteiger partial charge in [-0.05, 0) is 172 Å². The Labute approximate surface area is 238 Å². The van der Waals surface area contributed by atoms with Crippen molar-refractivity contribution in [1.29, 1.82) is 0 Å². The highest BCUT2D eigenvalue weighted by Crippen LogP contribution is 2.62. The molecule has 2 aromatic rings. The summed E-state index contributed by atoms with van der Waals surface area (Å²) in [6.07, 6.45) is 15.8. The summed E-state index contributed by atoms with van der Waals surface area (Å²) in [5.41, 5.74) is 4.72. The van der Waals surface area contributed by atoms with Crippen LogP contribution in [0.3, 0.4) is 0 Å². The van der Waals surface area contributed by atoms with Gasteiger partial charge in [-0.15, -0.1) is 0 Å². The van der Waals surface area contributed by atoms with Gasteiger partial charge in [0.05, 0.1) is 0 Å². The summed E-state index contributed by atoms with van der Waals surface area (Å²) < 4.78 is 11.5. The first-order valence-electron chi connectivity index (χ1n) is 15.9. The lowest BCUT2D eigenvalue weighted by Crippen LogP contribution is -2.48. The fourth-order valence-electron chi connectivity index (χ4n) is 11.3. The second-order valence-electron chi connectivity index (χ2n) is 15.1. The first-order valence-corrected chi connectivity index (χ1v) is 15.9. The number of carbonyl (C=O) groups is 2. The number of esters is 2. The Kier molecular flexibility index (Phi) is 5.61. The molecule has 8 aliphatic carbocycles. The molecule has 40 heavy (non-hydrogen) atoms. The zero-order chi connectivity index (χ0) is 27.2. The van der Waals surface area contributed by atoms with Gasteiger partial charge >= 0.3 is 11.9 Å². The van der Waals surface area contributed by atoms with Gasteiger partial charge in [0.1, 0.15) is 11.5 Å². The Morgan fingerprint density at radius 3 is 1.15 bits per heavy atom. The van der Waals surface area contributed by atoms with Gasteiger partial charge < -0.3 is 9.47 Å². The molecule has 10 rings (SSSR count). The Hall–Kier alpha value is -2.62. The fraction of sp³-hybridized carbons (Fsp3) is 0.611. The Balaban J connectivity index is 0.999. The monoisotopic (exact) mass is 538 g/mol. The van der Waals surface area contributed by atoms with Crippen molar-refractivity contribution in [2.75, 3.05) is 0 Å². The molecule has 4 heteroatoms. The lowest BCUT2D eigenvalue weighted by atomic mass is 9.48. The second-order valence-corrected chi connectivity index (χ2v) is 15.1. The van der Waals surface area contributed by atoms with Crippen molar-refractivity contribution in [2.24, 2.45) is 35.5 Å². The predicted molar refractivity (Wildman–Crippen MR) is 153 cm³/mol. The van der Waals surface area contributed by atoms with E-state index in [1.165, 1.54) is 88.2 Å². The van der Waals surface area contributed by atoms with Crippen LogP contribution in [0.15, 0.2) is 36.4 Å². The molecular formula is C36H42O4. The lowest BCUT2D eigenvalue weighted by Gasteiger charge is -2.57. The van der Waals surface area contributed by atoms with E-state index in [0.717, 1.165) is 46.6 Å². The summed E-state index contributed by atoms with van der Waals surface area (Å²) >= 11 is 0. The molecule has 0 heterocycles. The fourth-order valence-corrected chi connectivity index (χ4v) is 11.3. The number of carbonyl (C=O) groups excluding carboxylic acids is 2. The summed E-state index contributed by atoms with van der Waals surface area (Å²) in [6, 6.07) is 12.7. The van der Waals surface area contributed by atoms with Gasteiger partial charge in [0.25, 0.3) is 0 Å². The Morgan fingerprint density at radius 2 is 0.850 bits per heavy atom. The number of aryl methyl sites for hydroxylation is 2. The molecule has 8 saturated carbocycles. The molecule has 4 nitrogen and oxygen atoms in total. The Bertz CT molecular complexity index is 1210. The minimum atomic E-state index is -0.939. The van der Waals surface area contributed by atoms with Crippen LogP contribution < -0.4 is 9.47 Å². The highest BCUT2D eigenvalue weighted by atomic mass is 16.6. The van der Waals surface area contributed by atoms with Crippen LogP contribution in [0.2, 0.25) is 0 Å². The molecule has 0 N–H and O–H groups in total. The molecule has 0 aromatic heterocycles. The number of hydrogen-bond acceptors (Lipinski definition) is 4. The van der Waals surface area contributed by atoms with Gasteiger partial charge in [0, 0.05) is 0 Å². The van der Waals surface area contributed by atoms with Crippen LogP contribution in [0.4, 0.5) is 0 Å². The van der Waals surface area contributed by atoms with Crippen molar-refractivity contribution >= 4 is 11.9 Å². The van der Waals surface area contributed by atoms with E-state index >= 15 is 0 Å². The zero-order valence-electron chi connectivity index (χ0n) is 24.0. The standard InChI is InChI=1S/C36H42O4/c1-21-3-5-29(35-15-23-7-24(16-35)9-25(8-23)17-35)13-31(21)39-33(37)34(38)40-32-14-30(6-4-22(32)2)36-18-26-10-27(19-36)12-28(11-26)20-36/h3-6,13-14,23-28H,7-12,15-20H2,1-2H3. The van der Waals surface area contributed by atoms with E-state index in [4.69, 9.17) is 9.47 Å². The van der Waals surface area contributed by atoms with Crippen LogP contribution in [0.25, 0.3) is 0 Å². The number of rotatable bonds is 4. The van der Waals surface area contributed by atoms with Crippen molar-refractivity contribution in [3.63, 3.8) is 0 Å². The van der Waals surface area contributed by atoms with Gasteiger partial charge in [-0.1, -0.05) is 24.3 Å². The van der Waals surface area contributed by atoms with E-state index in [1.54, 1.807) is 0 Å². The van der Waals surface area contributed by atoms with E-state index in [-0.39, 0.29) is 10.8 Å². The topological polar surface area (TPSA) is 52.6 Å². The number of benzene rings is 2. The maximum atomic E-state index is 13.0. The highest BCUT2D eigenvalue weighted by Gasteiger charge is 2.53. The van der Waals surface area contributed by atoms with Gasteiger partial charge in [0.2, 0.25) is 0 Å². The summed E-state index contributed by atoms with van der Waals surface area (Å²) in [4.78, 5) is 26.1. The van der Waals surface area contributed by atoms with Crippen molar-refractivity contribution in [3.8, 4) is 11.5 Å². The van der Waals surface area contributed by atoms with Crippen molar-refractivity contribution in [3.05, 3.63) is 58.7 Å². The van der Waals surface area contributed by atoms with Crippen LogP contribution >= 0.6 is 0 Å². The van der Waals surface area contributed by atoms with E-state index in [9.17, 15) is 9.59 Å². The minimum absolute atomic E-state index is 0.207. The third-order valence-electron chi connectivity index (χ3n) is 12.2. The molecule has 8 bridgehead atoms. The summed E-state index contributed by atoms with van der Waals surface area (Å²) in [5.74, 6) is 4.14. The minimum Gasteiger partial charge on any atom is -0.418 e. The summed E-state index contributed by atoms with van der Waals surface area (Å²) in [6.45, 7) is 3.88. The Morgan fingerprint density at radius 1 is 0.550 bits per heavy atom. The van der Waals surface area contributed by atoms with E-state index < -0.39 is 11.9 Å². The van der Waals surface area contributed by atoms with Crippen LogP contribution in [-0.4, -0.2) is 11.9 Å². The molecule has 0 amide bonds. The van der Waals surface area contributed by atoms with Crippen molar-refractivity contribution in [1.82, 2.24) is 0 Å². The molecule has 210 valence electrons. The van der Waals surface area contributed by atoms with Gasteiger partial charge in [-0.25, -0.2) is 9.59 Å². The molecule has 0 radical (unpaired) electrons. The third-order valence-corrected chi connectivity index (χ3v) is 12.2. The summed E-state index contributed by atoms with van der Waals surface area (Å²) in [5, 5.41) is 0. The number of ether oxygens (including phenoxy) is 2. The largest absolute Gasteiger partial charge is 0.423 e. The smallest absolute Gasteiger partial charge is 0.418 e. The van der Waals surface area contributed by atoms with Crippen molar-refractivity contribution in [2.45, 2.75) is 102 Å². The molecule has 0 unspecified atom stereocenters. The normalized spacial score (nSPS) is 38.5. The van der Waals surface area contributed by atoms with Crippen LogP contribution in [-0.2, 0) is 20.4 Å². The first-order chi connectivity index (χ1) is 19.3. The molecule has 8 fully saturated rings. The SMILES string of the molecule is Cc1ccc(C23CC4CC(CC(C4)C2)C3)cc1OC(=O)C(=O)Oc1cc(C23CC4CC(CC(C4)C2)C3)ccc1C. The molecule has 0 saturated heterocycles. The number of hydrogen-bond donors (Lipinski definition) is 0. The highest BCUT2D eigenvalue weighted by molar-refractivity contribution is 6.31. The lowest BCUT2D eigenvalue weighted by molar-refractivity contribution is -0.156. The molecular weight excluding hydrogens is 496 g/mol. The average Bonchev–Trinajstić information content (AvgIpc) is 2.89. The molecule has 0 atom stereocenters. The van der Waals surface area contributed by atoms with E-state index in [2.05, 4.69) is 24.3 Å². The third kappa shape index (κ3) is 4.07. The predicted octanol–water partition coefficient (Wildman–Crippen LogP) is 7.75. The van der Waals surface area contributed by atoms with E-state index in [0.29, 0.717) is 11.5 Å². The molecule has 0 spiro atoms. The van der Waals surface area contributed by atoms with Gasteiger partial charge in [-0.3, -0.25) is 0 Å². The van der Waals surface area contributed by atoms with Gasteiger partial charge in [-0.2, -0.15) is 0 Å². The quantitative estimate of drug-likeness (QED) is 0.227. The van der Waals surface area contributed by atoms with E-state index in [1.807, 2.05) is 26.0 Å². The zero-order valence-corrected chi connectivity index (χ0v) is 24.0. The maximum Gasteiger partial charge on any atom is 0.423 e. The van der Waals surface area contributed by atoms with Crippen LogP contribution in [0.1, 0.15) is 99.3 Å². The van der Waals surface area contributed by atoms with Gasteiger partial charge in [0.15, 0.2) is 0 Å². The molecule has 8 aliphatic rings. The first kappa shape index (κ1) is 25.1. The van der Waals surface area contributed by atoms with Crippen LogP contribution in [0, 0.1) is 49.4 Å². The molecule has 2 aromatic carbocycles. The maximum absolute atomic E-state index is 13.0. The average molecular weight is 539 g/mol. The van der Waals surface area contributed by atoms with Crippen LogP contribution in [0.5, 0.6) is 11.5 Å². The van der Waals surface area contributed by atoms with Crippen molar-refractivity contribution < 1.29 is 19.1 Å². The summed E-state index contributed by atoms with van der Waals surface area (Å²) in [7, 11) is 0. The second kappa shape index (κ2) is 8.94.